The molecule has 1 saturated heterocycles. The van der Waals surface area contributed by atoms with Gasteiger partial charge in [-0.05, 0) is 31.7 Å². The van der Waals surface area contributed by atoms with Crippen molar-refractivity contribution in [3.63, 3.8) is 0 Å². The Hall–Kier alpha value is -1.89. The molecule has 1 aliphatic rings. The van der Waals surface area contributed by atoms with Crippen molar-refractivity contribution in [3.05, 3.63) is 18.0 Å². The van der Waals surface area contributed by atoms with Gasteiger partial charge in [-0.2, -0.15) is 5.10 Å². The van der Waals surface area contributed by atoms with Gasteiger partial charge >= 0.3 is 5.97 Å². The standard InChI is InChI=1S/C16H25N3O4/c1-3-9-19-13(5-8-17-19)14(20)18-10-4-6-16(12-18,15(21)22)7-11-23-2/h5,8H,3-4,6-7,9-12H2,1-2H3,(H,21,22)/t16-/m0/s1. The molecule has 2 rings (SSSR count). The third-order valence-corrected chi connectivity index (χ3v) is 4.47. The largest absolute Gasteiger partial charge is 0.481 e. The molecule has 0 radical (unpaired) electrons. The number of likely N-dealkylation sites (tertiary alicyclic amines) is 1. The molecule has 1 aromatic rings. The summed E-state index contributed by atoms with van der Waals surface area (Å²) in [5.74, 6) is -0.993. The minimum Gasteiger partial charge on any atom is -0.481 e. The first-order chi connectivity index (χ1) is 11.0. The highest BCUT2D eigenvalue weighted by Gasteiger charge is 2.43. The van der Waals surface area contributed by atoms with Crippen LogP contribution in [0.3, 0.4) is 0 Å². The predicted octanol–water partition coefficient (Wildman–Crippen LogP) is 1.64. The van der Waals surface area contributed by atoms with Crippen LogP contribution in [0.1, 0.15) is 43.1 Å². The fourth-order valence-electron chi connectivity index (χ4n) is 3.15. The van der Waals surface area contributed by atoms with Crippen LogP contribution >= 0.6 is 0 Å². The van der Waals surface area contributed by atoms with E-state index in [4.69, 9.17) is 4.74 Å². The molecule has 1 N–H and O–H groups in total. The number of carboxylic acid groups (broad SMARTS) is 1. The summed E-state index contributed by atoms with van der Waals surface area (Å²) in [6, 6.07) is 1.70. The first-order valence-corrected chi connectivity index (χ1v) is 8.07. The van der Waals surface area contributed by atoms with Crippen molar-refractivity contribution in [1.29, 1.82) is 0 Å². The number of piperidine rings is 1. The van der Waals surface area contributed by atoms with Gasteiger partial charge in [-0.25, -0.2) is 0 Å². The molecule has 1 atom stereocenters. The molecule has 23 heavy (non-hydrogen) atoms. The van der Waals surface area contributed by atoms with E-state index in [9.17, 15) is 14.7 Å². The van der Waals surface area contributed by atoms with Crippen LogP contribution in [0.25, 0.3) is 0 Å². The van der Waals surface area contributed by atoms with Crippen molar-refractivity contribution in [1.82, 2.24) is 14.7 Å². The van der Waals surface area contributed by atoms with E-state index in [1.54, 1.807) is 29.0 Å². The second-order valence-corrected chi connectivity index (χ2v) is 6.10. The van der Waals surface area contributed by atoms with Gasteiger partial charge in [-0.1, -0.05) is 6.92 Å². The highest BCUT2D eigenvalue weighted by molar-refractivity contribution is 5.93. The number of aliphatic carboxylic acids is 1. The fraction of sp³-hybridized carbons (Fsp3) is 0.688. The highest BCUT2D eigenvalue weighted by atomic mass is 16.5. The van der Waals surface area contributed by atoms with E-state index in [-0.39, 0.29) is 12.5 Å². The normalized spacial score (nSPS) is 21.4. The summed E-state index contributed by atoms with van der Waals surface area (Å²) in [5.41, 5.74) is -0.390. The Morgan fingerprint density at radius 2 is 2.26 bits per heavy atom. The number of carboxylic acids is 1. The molecule has 0 saturated carbocycles. The van der Waals surface area contributed by atoms with E-state index in [2.05, 4.69) is 5.10 Å². The van der Waals surface area contributed by atoms with Crippen molar-refractivity contribution < 1.29 is 19.4 Å². The molecule has 0 aromatic carbocycles. The van der Waals surface area contributed by atoms with Gasteiger partial charge in [0, 0.05) is 39.5 Å². The van der Waals surface area contributed by atoms with Gasteiger partial charge in [0.25, 0.3) is 5.91 Å². The number of nitrogens with zero attached hydrogens (tertiary/aromatic N) is 3. The maximum atomic E-state index is 12.8. The van der Waals surface area contributed by atoms with Gasteiger partial charge in [0.2, 0.25) is 0 Å². The van der Waals surface area contributed by atoms with E-state index >= 15 is 0 Å². The number of methoxy groups -OCH3 is 1. The van der Waals surface area contributed by atoms with Gasteiger partial charge in [-0.3, -0.25) is 14.3 Å². The van der Waals surface area contributed by atoms with Crippen molar-refractivity contribution in [2.24, 2.45) is 5.41 Å². The second kappa shape index (κ2) is 7.59. The van der Waals surface area contributed by atoms with Crippen molar-refractivity contribution in [2.45, 2.75) is 39.2 Å². The molecule has 1 fully saturated rings. The maximum Gasteiger partial charge on any atom is 0.311 e. The van der Waals surface area contributed by atoms with Gasteiger partial charge < -0.3 is 14.7 Å². The number of amides is 1. The minimum atomic E-state index is -0.917. The van der Waals surface area contributed by atoms with Crippen LogP contribution in [0.2, 0.25) is 0 Å². The quantitative estimate of drug-likeness (QED) is 0.824. The fourth-order valence-corrected chi connectivity index (χ4v) is 3.15. The molecule has 1 amide bonds. The van der Waals surface area contributed by atoms with Crippen LogP contribution < -0.4 is 0 Å². The van der Waals surface area contributed by atoms with Crippen LogP contribution in [0.5, 0.6) is 0 Å². The number of ether oxygens (including phenoxy) is 1. The molecule has 2 heterocycles. The van der Waals surface area contributed by atoms with Crippen molar-refractivity contribution >= 4 is 11.9 Å². The molecular formula is C16H25N3O4. The summed E-state index contributed by atoms with van der Waals surface area (Å²) in [6.07, 6.45) is 4.17. The van der Waals surface area contributed by atoms with Crippen molar-refractivity contribution in [3.8, 4) is 0 Å². The predicted molar refractivity (Wildman–Crippen MR) is 84.2 cm³/mol. The summed E-state index contributed by atoms with van der Waals surface area (Å²) in [4.78, 5) is 26.2. The summed E-state index contributed by atoms with van der Waals surface area (Å²) in [6.45, 7) is 3.88. The Bertz CT molecular complexity index is 557. The maximum absolute atomic E-state index is 12.8. The monoisotopic (exact) mass is 323 g/mol. The summed E-state index contributed by atoms with van der Waals surface area (Å²) in [7, 11) is 1.56. The number of carbonyl (C=O) groups is 2. The summed E-state index contributed by atoms with van der Waals surface area (Å²) < 4.78 is 6.75. The number of rotatable bonds is 7. The lowest BCUT2D eigenvalue weighted by molar-refractivity contribution is -0.153. The Kier molecular flexibility index (Phi) is 5.76. The molecule has 1 aromatic heterocycles. The molecule has 7 nitrogen and oxygen atoms in total. The van der Waals surface area contributed by atoms with E-state index < -0.39 is 11.4 Å². The van der Waals surface area contributed by atoms with E-state index in [0.717, 1.165) is 6.42 Å². The van der Waals surface area contributed by atoms with Gasteiger partial charge in [-0.15, -0.1) is 0 Å². The third kappa shape index (κ3) is 3.72. The molecule has 0 bridgehead atoms. The van der Waals surface area contributed by atoms with E-state index in [0.29, 0.717) is 44.7 Å². The third-order valence-electron chi connectivity index (χ3n) is 4.47. The minimum absolute atomic E-state index is 0.140. The molecular weight excluding hydrogens is 298 g/mol. The number of hydrogen-bond donors (Lipinski definition) is 1. The molecule has 1 aliphatic heterocycles. The zero-order valence-electron chi connectivity index (χ0n) is 13.8. The molecule has 128 valence electrons. The Labute approximate surface area is 136 Å². The number of aromatic nitrogens is 2. The Balaban J connectivity index is 2.17. The number of carbonyl (C=O) groups excluding carboxylic acids is 1. The van der Waals surface area contributed by atoms with E-state index in [1.165, 1.54) is 0 Å². The second-order valence-electron chi connectivity index (χ2n) is 6.10. The number of aryl methyl sites for hydroxylation is 1. The average Bonchev–Trinajstić information content (AvgIpc) is 3.01. The first kappa shape index (κ1) is 17.5. The van der Waals surface area contributed by atoms with Gasteiger partial charge in [0.1, 0.15) is 5.69 Å². The Morgan fingerprint density at radius 3 is 2.91 bits per heavy atom. The van der Waals surface area contributed by atoms with Crippen LogP contribution in [0, 0.1) is 5.41 Å². The van der Waals surface area contributed by atoms with Crippen LogP contribution in [-0.4, -0.2) is 58.5 Å². The SMILES string of the molecule is CCCn1nccc1C(=O)N1CCC[C@@](CCOC)(C(=O)O)C1. The molecule has 0 spiro atoms. The van der Waals surface area contributed by atoms with Crippen LogP contribution in [0.4, 0.5) is 0 Å². The zero-order valence-corrected chi connectivity index (χ0v) is 13.8. The smallest absolute Gasteiger partial charge is 0.311 e. The molecule has 7 heteroatoms. The lowest BCUT2D eigenvalue weighted by atomic mass is 9.77. The van der Waals surface area contributed by atoms with E-state index in [1.807, 2.05) is 6.92 Å². The highest BCUT2D eigenvalue weighted by Crippen LogP contribution is 2.34. The van der Waals surface area contributed by atoms with Crippen LogP contribution in [0.15, 0.2) is 12.3 Å². The number of hydrogen-bond acceptors (Lipinski definition) is 4. The Morgan fingerprint density at radius 1 is 1.48 bits per heavy atom. The van der Waals surface area contributed by atoms with Crippen molar-refractivity contribution in [2.75, 3.05) is 26.8 Å². The van der Waals surface area contributed by atoms with Crippen LogP contribution in [-0.2, 0) is 16.1 Å². The topological polar surface area (TPSA) is 84.7 Å². The van der Waals surface area contributed by atoms with Gasteiger partial charge in [0.15, 0.2) is 0 Å². The summed E-state index contributed by atoms with van der Waals surface area (Å²) >= 11 is 0. The molecule has 0 unspecified atom stereocenters. The lowest BCUT2D eigenvalue weighted by Crippen LogP contribution is -2.50. The summed E-state index contributed by atoms with van der Waals surface area (Å²) in [5, 5.41) is 13.8. The van der Waals surface area contributed by atoms with Gasteiger partial charge in [0.05, 0.1) is 5.41 Å². The lowest BCUT2D eigenvalue weighted by Gasteiger charge is -2.39. The average molecular weight is 323 g/mol. The molecule has 0 aliphatic carbocycles. The first-order valence-electron chi connectivity index (χ1n) is 8.07. The zero-order chi connectivity index (χ0) is 16.9.